The van der Waals surface area contributed by atoms with Crippen LogP contribution in [0, 0.1) is 11.3 Å². The lowest BCUT2D eigenvalue weighted by Gasteiger charge is -2.36. The van der Waals surface area contributed by atoms with Crippen LogP contribution < -0.4 is 0 Å². The zero-order valence-corrected chi connectivity index (χ0v) is 17.4. The summed E-state index contributed by atoms with van der Waals surface area (Å²) >= 11 is 0. The molecule has 2 aliphatic rings. The van der Waals surface area contributed by atoms with Crippen LogP contribution in [0.3, 0.4) is 0 Å². The minimum absolute atomic E-state index is 0.0845. The van der Waals surface area contributed by atoms with Gasteiger partial charge >= 0.3 is 11.9 Å². The second kappa shape index (κ2) is 11.3. The molecule has 6 heteroatoms. The summed E-state index contributed by atoms with van der Waals surface area (Å²) in [5.41, 5.74) is 0.304. The van der Waals surface area contributed by atoms with Crippen molar-refractivity contribution in [3.63, 3.8) is 0 Å². The van der Waals surface area contributed by atoms with Crippen molar-refractivity contribution in [1.82, 2.24) is 0 Å². The molecule has 0 aromatic rings. The monoisotopic (exact) mass is 400 g/mol. The number of ether oxygens (including phenoxy) is 2. The lowest BCUT2D eigenvalue weighted by molar-refractivity contribution is -0.148. The van der Waals surface area contributed by atoms with Crippen molar-refractivity contribution < 1.29 is 27.8 Å². The van der Waals surface area contributed by atoms with Crippen molar-refractivity contribution in [2.24, 2.45) is 11.3 Å². The standard InChI is InChI=1S/C13H21FO2.C9H13FO2/c1-9(14)12(15)16-11-7-5-10(6-8-11)13(2,3)4;1-7(10)9(11)12-8-5-3-2-4-6-8/h10-11H,1,5-8H2,2-4H3;8H,1-6H2. The molecule has 0 spiro atoms. The van der Waals surface area contributed by atoms with E-state index < -0.39 is 23.6 Å². The Bertz CT molecular complexity index is 551. The quantitative estimate of drug-likeness (QED) is 0.431. The van der Waals surface area contributed by atoms with Crippen molar-refractivity contribution in [3.05, 3.63) is 24.8 Å². The molecule has 0 unspecified atom stereocenters. The van der Waals surface area contributed by atoms with E-state index in [4.69, 9.17) is 9.47 Å². The number of carbonyl (C=O) groups is 2. The molecule has 28 heavy (non-hydrogen) atoms. The molecule has 0 amide bonds. The molecule has 0 heterocycles. The number of esters is 2. The van der Waals surface area contributed by atoms with Gasteiger partial charge in [-0.25, -0.2) is 9.59 Å². The molecular formula is C22H34F2O4. The Morgan fingerprint density at radius 2 is 1.14 bits per heavy atom. The molecular weight excluding hydrogens is 366 g/mol. The smallest absolute Gasteiger partial charge is 0.366 e. The minimum Gasteiger partial charge on any atom is -0.457 e. The highest BCUT2D eigenvalue weighted by molar-refractivity contribution is 5.85. The van der Waals surface area contributed by atoms with Gasteiger partial charge < -0.3 is 9.47 Å². The summed E-state index contributed by atoms with van der Waals surface area (Å²) in [6, 6.07) is 0. The van der Waals surface area contributed by atoms with Crippen molar-refractivity contribution in [3.8, 4) is 0 Å². The molecule has 0 saturated heterocycles. The first-order valence-corrected chi connectivity index (χ1v) is 10.1. The normalized spacial score (nSPS) is 23.0. The average Bonchev–Trinajstić information content (AvgIpc) is 2.62. The Kier molecular flexibility index (Phi) is 9.83. The van der Waals surface area contributed by atoms with E-state index in [0.29, 0.717) is 11.3 Å². The number of carbonyl (C=O) groups excluding carboxylic acids is 2. The van der Waals surface area contributed by atoms with Crippen LogP contribution in [0.5, 0.6) is 0 Å². The predicted octanol–water partition coefficient (Wildman–Crippen LogP) is 5.96. The fraction of sp³-hybridized carbons (Fsp3) is 0.727. The molecule has 2 rings (SSSR count). The molecule has 2 fully saturated rings. The molecule has 2 saturated carbocycles. The SMILES string of the molecule is C=C(F)C(=O)OC1CCC(C(C)(C)C)CC1.C=C(F)C(=O)OC1CCCCC1. The molecule has 0 atom stereocenters. The topological polar surface area (TPSA) is 52.6 Å². The molecule has 2 aliphatic carbocycles. The predicted molar refractivity (Wildman–Crippen MR) is 105 cm³/mol. The first-order chi connectivity index (χ1) is 13.0. The van der Waals surface area contributed by atoms with Crippen LogP contribution in [0.15, 0.2) is 24.8 Å². The lowest BCUT2D eigenvalue weighted by atomic mass is 9.72. The Morgan fingerprint density at radius 1 is 0.750 bits per heavy atom. The minimum atomic E-state index is -1.00. The Balaban J connectivity index is 0.000000292. The Morgan fingerprint density at radius 3 is 1.50 bits per heavy atom. The third-order valence-electron chi connectivity index (χ3n) is 5.44. The van der Waals surface area contributed by atoms with Crippen LogP contribution in [-0.2, 0) is 19.1 Å². The summed E-state index contributed by atoms with van der Waals surface area (Å²) in [6.45, 7) is 12.5. The van der Waals surface area contributed by atoms with Crippen molar-refractivity contribution in [2.75, 3.05) is 0 Å². The summed E-state index contributed by atoms with van der Waals surface area (Å²) in [7, 11) is 0. The summed E-state index contributed by atoms with van der Waals surface area (Å²) < 4.78 is 34.5. The van der Waals surface area contributed by atoms with E-state index >= 15 is 0 Å². The van der Waals surface area contributed by atoms with Crippen molar-refractivity contribution in [1.29, 1.82) is 0 Å². The van der Waals surface area contributed by atoms with Crippen LogP contribution in [0.4, 0.5) is 8.78 Å². The van der Waals surface area contributed by atoms with Crippen LogP contribution in [0.2, 0.25) is 0 Å². The molecule has 0 radical (unpaired) electrons. The Hall–Kier alpha value is -1.72. The largest absolute Gasteiger partial charge is 0.457 e. The van der Waals surface area contributed by atoms with E-state index in [1.165, 1.54) is 6.42 Å². The van der Waals surface area contributed by atoms with Gasteiger partial charge in [0.1, 0.15) is 12.2 Å². The van der Waals surface area contributed by atoms with Gasteiger partial charge in [-0.2, -0.15) is 8.78 Å². The van der Waals surface area contributed by atoms with Crippen LogP contribution >= 0.6 is 0 Å². The molecule has 0 aromatic heterocycles. The van der Waals surface area contributed by atoms with Gasteiger partial charge in [-0.3, -0.25) is 0 Å². The zero-order valence-electron chi connectivity index (χ0n) is 17.4. The lowest BCUT2D eigenvalue weighted by Crippen LogP contribution is -2.30. The maximum absolute atomic E-state index is 12.4. The highest BCUT2D eigenvalue weighted by Crippen LogP contribution is 2.38. The fourth-order valence-electron chi connectivity index (χ4n) is 3.66. The van der Waals surface area contributed by atoms with E-state index in [-0.39, 0.29) is 12.2 Å². The van der Waals surface area contributed by atoms with E-state index in [0.717, 1.165) is 51.4 Å². The van der Waals surface area contributed by atoms with Crippen LogP contribution in [0.25, 0.3) is 0 Å². The summed E-state index contributed by atoms with van der Waals surface area (Å²) in [4.78, 5) is 21.7. The van der Waals surface area contributed by atoms with Crippen molar-refractivity contribution in [2.45, 2.75) is 90.8 Å². The van der Waals surface area contributed by atoms with Gasteiger partial charge in [0, 0.05) is 0 Å². The van der Waals surface area contributed by atoms with E-state index in [1.807, 2.05) is 0 Å². The third kappa shape index (κ3) is 8.98. The van der Waals surface area contributed by atoms with E-state index in [1.54, 1.807) is 0 Å². The zero-order chi connectivity index (χ0) is 21.3. The number of hydrogen-bond acceptors (Lipinski definition) is 4. The maximum atomic E-state index is 12.4. The molecule has 0 aromatic carbocycles. The van der Waals surface area contributed by atoms with Crippen LogP contribution in [0.1, 0.15) is 78.6 Å². The van der Waals surface area contributed by atoms with Gasteiger partial charge in [0.15, 0.2) is 0 Å². The summed E-state index contributed by atoms with van der Waals surface area (Å²) in [6.07, 6.45) is 8.58. The molecule has 4 nitrogen and oxygen atoms in total. The van der Waals surface area contributed by atoms with Gasteiger partial charge in [0.2, 0.25) is 11.7 Å². The summed E-state index contributed by atoms with van der Waals surface area (Å²) in [5.74, 6) is -3.14. The first-order valence-electron chi connectivity index (χ1n) is 10.1. The second-order valence-corrected chi connectivity index (χ2v) is 8.72. The maximum Gasteiger partial charge on any atom is 0.366 e. The molecule has 160 valence electrons. The summed E-state index contributed by atoms with van der Waals surface area (Å²) in [5, 5.41) is 0. The van der Waals surface area contributed by atoms with Gasteiger partial charge in [-0.1, -0.05) is 40.3 Å². The van der Waals surface area contributed by atoms with Gasteiger partial charge in [0.05, 0.1) is 0 Å². The van der Waals surface area contributed by atoms with Crippen LogP contribution in [-0.4, -0.2) is 24.1 Å². The second-order valence-electron chi connectivity index (χ2n) is 8.72. The molecule has 0 aliphatic heterocycles. The van der Waals surface area contributed by atoms with Crippen molar-refractivity contribution >= 4 is 11.9 Å². The number of hydrogen-bond donors (Lipinski definition) is 0. The third-order valence-corrected chi connectivity index (χ3v) is 5.44. The molecule has 0 bridgehead atoms. The highest BCUT2D eigenvalue weighted by Gasteiger charge is 2.31. The van der Waals surface area contributed by atoms with Gasteiger partial charge in [-0.05, 0) is 62.7 Å². The number of halogens is 2. The van der Waals surface area contributed by atoms with E-state index in [2.05, 4.69) is 33.9 Å². The van der Waals surface area contributed by atoms with E-state index in [9.17, 15) is 18.4 Å². The first kappa shape index (κ1) is 24.3. The average molecular weight is 401 g/mol. The van der Waals surface area contributed by atoms with Gasteiger partial charge in [-0.15, -0.1) is 0 Å². The fourth-order valence-corrected chi connectivity index (χ4v) is 3.66. The highest BCUT2D eigenvalue weighted by atomic mass is 19.1. The number of rotatable bonds is 4. The molecule has 0 N–H and O–H groups in total. The van der Waals surface area contributed by atoms with Gasteiger partial charge in [0.25, 0.3) is 0 Å². The Labute approximate surface area is 167 Å².